The minimum atomic E-state index is -1.42. The van der Waals surface area contributed by atoms with E-state index in [9.17, 15) is 9.90 Å². The maximum absolute atomic E-state index is 14.3. The van der Waals surface area contributed by atoms with Crippen LogP contribution in [0.25, 0.3) is 0 Å². The monoisotopic (exact) mass is 830 g/mol. The number of aliphatic hydroxyl groups is 1. The van der Waals surface area contributed by atoms with Crippen LogP contribution >= 0.6 is 0 Å². The zero-order chi connectivity index (χ0) is 42.2. The molecule has 1 N–H and O–H groups in total. The Bertz CT molecular complexity index is 2020. The van der Waals surface area contributed by atoms with Gasteiger partial charge in [0.05, 0.1) is 39.1 Å². The molecule has 7 rings (SSSR count). The first-order chi connectivity index (χ1) is 30.0. The summed E-state index contributed by atoms with van der Waals surface area (Å²) in [6, 6.07) is 48.0. The van der Waals surface area contributed by atoms with Crippen molar-refractivity contribution in [2.45, 2.75) is 101 Å². The molecule has 5 aromatic rings. The number of ether oxygens (including phenoxy) is 9. The lowest BCUT2D eigenvalue weighted by atomic mass is 9.96. The van der Waals surface area contributed by atoms with Gasteiger partial charge in [0, 0.05) is 0 Å². The van der Waals surface area contributed by atoms with Crippen LogP contribution in [-0.4, -0.2) is 79.1 Å². The quantitative estimate of drug-likeness (QED) is 0.0621. The number of aliphatic hydroxyl groups excluding tert-OH is 1. The Morgan fingerprint density at radius 2 is 0.934 bits per heavy atom. The summed E-state index contributed by atoms with van der Waals surface area (Å²) in [6.45, 7) is 6.47. The first-order valence-electron chi connectivity index (χ1n) is 20.7. The third-order valence-corrected chi connectivity index (χ3v) is 10.5. The molecule has 10 atom stereocenters. The molecular formula is C50H54O11. The van der Waals surface area contributed by atoms with Gasteiger partial charge in [0.15, 0.2) is 18.7 Å². The van der Waals surface area contributed by atoms with Gasteiger partial charge in [-0.1, -0.05) is 158 Å². The lowest BCUT2D eigenvalue weighted by Gasteiger charge is -2.48. The molecule has 0 bridgehead atoms. The molecule has 0 unspecified atom stereocenters. The van der Waals surface area contributed by atoms with Crippen LogP contribution in [0, 0.1) is 0 Å². The van der Waals surface area contributed by atoms with Crippen LogP contribution in [0.4, 0.5) is 0 Å². The van der Waals surface area contributed by atoms with Crippen molar-refractivity contribution >= 4 is 5.97 Å². The van der Waals surface area contributed by atoms with Gasteiger partial charge in [-0.3, -0.25) is 0 Å². The molecule has 2 aliphatic heterocycles. The molecule has 11 nitrogen and oxygen atoms in total. The first kappa shape index (κ1) is 44.0. The van der Waals surface area contributed by atoms with Crippen molar-refractivity contribution in [1.29, 1.82) is 0 Å². The second-order valence-corrected chi connectivity index (χ2v) is 15.0. The standard InChI is InChI=1S/C50H54O11/c1-3-29-53-50-47(57-33-39-25-15-7-16-26-39)44(56-32-38-23-13-6-14-24-38)45(46(61-50)48(52)58-34-40-27-17-8-18-28-40)60-49-41(51)43(55-31-37-21-11-5-12-22-37)42(35(2)59-49)54-30-36-19-9-4-10-20-36/h3-28,35,41-47,49-51H,1,29-34H2,2H3/t35-,41+,42-,43-,44-,45+,46-,47+,49-,50+/m0/s1. The van der Waals surface area contributed by atoms with Crippen LogP contribution in [0.3, 0.4) is 0 Å². The summed E-state index contributed by atoms with van der Waals surface area (Å²) in [6.07, 6.45) is -9.15. The molecule has 0 radical (unpaired) electrons. The van der Waals surface area contributed by atoms with E-state index < -0.39 is 67.4 Å². The van der Waals surface area contributed by atoms with Gasteiger partial charge in [0.2, 0.25) is 0 Å². The number of hydrogen-bond acceptors (Lipinski definition) is 11. The molecule has 11 heteroatoms. The number of carbonyl (C=O) groups is 1. The third kappa shape index (κ3) is 12.3. The van der Waals surface area contributed by atoms with Gasteiger partial charge in [-0.25, -0.2) is 4.79 Å². The predicted octanol–water partition coefficient (Wildman–Crippen LogP) is 7.49. The number of benzene rings is 5. The molecule has 0 amide bonds. The van der Waals surface area contributed by atoms with Crippen LogP contribution in [0.2, 0.25) is 0 Å². The van der Waals surface area contributed by atoms with Crippen molar-refractivity contribution in [3.05, 3.63) is 192 Å². The highest BCUT2D eigenvalue weighted by Gasteiger charge is 2.55. The molecule has 5 aromatic carbocycles. The molecule has 320 valence electrons. The van der Waals surface area contributed by atoms with Crippen LogP contribution in [0.1, 0.15) is 34.7 Å². The smallest absolute Gasteiger partial charge is 0.338 e. The fourth-order valence-corrected chi connectivity index (χ4v) is 7.37. The van der Waals surface area contributed by atoms with Crippen LogP contribution in [0.15, 0.2) is 164 Å². The highest BCUT2D eigenvalue weighted by Crippen LogP contribution is 2.35. The van der Waals surface area contributed by atoms with Gasteiger partial charge in [0.1, 0.15) is 43.2 Å². The number of esters is 1. The second-order valence-electron chi connectivity index (χ2n) is 15.0. The summed E-state index contributed by atoms with van der Waals surface area (Å²) in [5.74, 6) is -0.727. The molecule has 2 aliphatic rings. The van der Waals surface area contributed by atoms with Gasteiger partial charge in [-0.15, -0.1) is 6.58 Å². The van der Waals surface area contributed by atoms with E-state index in [4.69, 9.17) is 42.6 Å². The highest BCUT2D eigenvalue weighted by molar-refractivity contribution is 5.76. The summed E-state index contributed by atoms with van der Waals surface area (Å²) in [5.41, 5.74) is 4.41. The van der Waals surface area contributed by atoms with Crippen molar-refractivity contribution in [1.82, 2.24) is 0 Å². The second kappa shape index (κ2) is 22.7. The number of carbonyl (C=O) groups excluding carboxylic acids is 1. The van der Waals surface area contributed by atoms with Crippen molar-refractivity contribution in [3.63, 3.8) is 0 Å². The Labute approximate surface area is 357 Å². The zero-order valence-corrected chi connectivity index (χ0v) is 34.3. The Kier molecular flexibility index (Phi) is 16.4. The molecule has 2 saturated heterocycles. The summed E-state index contributed by atoms with van der Waals surface area (Å²) < 4.78 is 58.2. The van der Waals surface area contributed by atoms with Crippen molar-refractivity contribution in [2.24, 2.45) is 0 Å². The van der Waals surface area contributed by atoms with Gasteiger partial charge in [-0.05, 0) is 34.7 Å². The molecule has 0 aliphatic carbocycles. The van der Waals surface area contributed by atoms with Crippen LogP contribution in [0.5, 0.6) is 0 Å². The van der Waals surface area contributed by atoms with Crippen LogP contribution < -0.4 is 0 Å². The lowest BCUT2D eigenvalue weighted by molar-refractivity contribution is -0.364. The van der Waals surface area contributed by atoms with Crippen molar-refractivity contribution < 1.29 is 52.5 Å². The molecule has 61 heavy (non-hydrogen) atoms. The van der Waals surface area contributed by atoms with E-state index in [0.29, 0.717) is 0 Å². The van der Waals surface area contributed by atoms with Gasteiger partial charge < -0.3 is 47.7 Å². The van der Waals surface area contributed by atoms with E-state index in [-0.39, 0.29) is 39.6 Å². The Balaban J connectivity index is 1.22. The minimum absolute atomic E-state index is 0.0245. The minimum Gasteiger partial charge on any atom is -0.459 e. The average molecular weight is 831 g/mol. The molecule has 2 heterocycles. The van der Waals surface area contributed by atoms with Crippen molar-refractivity contribution in [3.8, 4) is 0 Å². The fraction of sp³-hybridized carbons (Fsp3) is 0.340. The van der Waals surface area contributed by atoms with Crippen LogP contribution in [-0.2, 0) is 80.5 Å². The average Bonchev–Trinajstić information content (AvgIpc) is 3.31. The van der Waals surface area contributed by atoms with E-state index in [1.54, 1.807) is 6.08 Å². The first-order valence-corrected chi connectivity index (χ1v) is 20.7. The Hall–Kier alpha value is -5.05. The van der Waals surface area contributed by atoms with E-state index >= 15 is 0 Å². The van der Waals surface area contributed by atoms with Gasteiger partial charge >= 0.3 is 5.97 Å². The summed E-state index contributed by atoms with van der Waals surface area (Å²) in [7, 11) is 0. The van der Waals surface area contributed by atoms with E-state index in [1.165, 1.54) is 0 Å². The summed E-state index contributed by atoms with van der Waals surface area (Å²) in [4.78, 5) is 14.3. The molecule has 0 aromatic heterocycles. The maximum Gasteiger partial charge on any atom is 0.338 e. The topological polar surface area (TPSA) is 120 Å². The molecule has 2 fully saturated rings. The molecule has 0 spiro atoms. The highest BCUT2D eigenvalue weighted by atomic mass is 16.8. The maximum atomic E-state index is 14.3. The van der Waals surface area contributed by atoms with Gasteiger partial charge in [-0.2, -0.15) is 0 Å². The van der Waals surface area contributed by atoms with E-state index in [0.717, 1.165) is 27.8 Å². The zero-order valence-electron chi connectivity index (χ0n) is 34.3. The summed E-state index contributed by atoms with van der Waals surface area (Å²) >= 11 is 0. The van der Waals surface area contributed by atoms with E-state index in [2.05, 4.69) is 6.58 Å². The summed E-state index contributed by atoms with van der Waals surface area (Å²) in [5, 5.41) is 12.3. The number of hydrogen-bond donors (Lipinski definition) is 1. The molecule has 0 saturated carbocycles. The predicted molar refractivity (Wildman–Crippen MR) is 226 cm³/mol. The largest absolute Gasteiger partial charge is 0.459 e. The lowest BCUT2D eigenvalue weighted by Crippen LogP contribution is -2.66. The Morgan fingerprint density at radius 1 is 0.525 bits per heavy atom. The van der Waals surface area contributed by atoms with Crippen molar-refractivity contribution in [2.75, 3.05) is 6.61 Å². The number of rotatable bonds is 20. The fourth-order valence-electron chi connectivity index (χ4n) is 7.37. The van der Waals surface area contributed by atoms with Gasteiger partial charge in [0.25, 0.3) is 0 Å². The molecular weight excluding hydrogens is 777 g/mol. The SMILES string of the molecule is C=CCO[C@@H]1O[C@H](C(=O)OCc2ccccc2)[C@H](O[C@@H]2O[C@@H](C)[C@H](OCc3ccccc3)[C@@H](OCc3ccccc3)[C@H]2O)[C@H](OCc2ccccc2)[C@H]1OCc1ccccc1. The normalized spacial score (nSPS) is 26.3. The Morgan fingerprint density at radius 3 is 1.39 bits per heavy atom. The van der Waals surface area contributed by atoms with E-state index in [1.807, 2.05) is 159 Å². The third-order valence-electron chi connectivity index (χ3n) is 10.5.